The molecule has 1 amide bonds. The van der Waals surface area contributed by atoms with Crippen molar-refractivity contribution in [3.05, 3.63) is 59.5 Å². The molecule has 21 heavy (non-hydrogen) atoms. The van der Waals surface area contributed by atoms with E-state index in [9.17, 15) is 9.59 Å². The van der Waals surface area contributed by atoms with Gasteiger partial charge in [-0.05, 0) is 17.7 Å². The Labute approximate surface area is 121 Å². The van der Waals surface area contributed by atoms with E-state index in [0.717, 1.165) is 5.56 Å². The van der Waals surface area contributed by atoms with Crippen LogP contribution in [0.1, 0.15) is 21.9 Å². The van der Waals surface area contributed by atoms with Gasteiger partial charge in [-0.3, -0.25) is 4.79 Å². The number of carbonyl (C=O) groups excluding carboxylic acids is 1. The van der Waals surface area contributed by atoms with Crippen LogP contribution in [0.4, 0.5) is 0 Å². The van der Waals surface area contributed by atoms with E-state index in [1.165, 1.54) is 12.1 Å². The standard InChI is InChI=1S/C15H15NO5/c17-14(10-20-9-11-4-2-1-3-5-11)16-8-12-6-7-13(21-12)15(18)19/h1-7H,8-10H2,(H,16,17)(H,18,19). The van der Waals surface area contributed by atoms with Gasteiger partial charge in [0, 0.05) is 0 Å². The Hall–Kier alpha value is -2.60. The van der Waals surface area contributed by atoms with E-state index in [1.54, 1.807) is 0 Å². The molecule has 0 spiro atoms. The molecular formula is C15H15NO5. The molecule has 0 aliphatic rings. The molecule has 0 aliphatic carbocycles. The summed E-state index contributed by atoms with van der Waals surface area (Å²) in [6, 6.07) is 12.4. The molecule has 1 aromatic heterocycles. The molecule has 0 bridgehead atoms. The van der Waals surface area contributed by atoms with E-state index in [2.05, 4.69) is 5.32 Å². The summed E-state index contributed by atoms with van der Waals surface area (Å²) in [5.74, 6) is -1.21. The third kappa shape index (κ3) is 4.77. The summed E-state index contributed by atoms with van der Waals surface area (Å²) >= 11 is 0. The molecule has 1 heterocycles. The number of rotatable bonds is 7. The van der Waals surface area contributed by atoms with Gasteiger partial charge in [-0.1, -0.05) is 30.3 Å². The maximum absolute atomic E-state index is 11.6. The molecule has 6 heteroatoms. The van der Waals surface area contributed by atoms with Gasteiger partial charge in [0.1, 0.15) is 12.4 Å². The van der Waals surface area contributed by atoms with Gasteiger partial charge >= 0.3 is 5.97 Å². The zero-order chi connectivity index (χ0) is 15.1. The molecule has 0 saturated heterocycles. The van der Waals surface area contributed by atoms with Crippen LogP contribution in [0.2, 0.25) is 0 Å². The lowest BCUT2D eigenvalue weighted by molar-refractivity contribution is -0.126. The Morgan fingerprint density at radius 2 is 1.90 bits per heavy atom. The lowest BCUT2D eigenvalue weighted by Crippen LogP contribution is -2.26. The van der Waals surface area contributed by atoms with Crippen molar-refractivity contribution in [2.75, 3.05) is 6.61 Å². The van der Waals surface area contributed by atoms with Crippen molar-refractivity contribution < 1.29 is 23.8 Å². The summed E-state index contributed by atoms with van der Waals surface area (Å²) in [5, 5.41) is 11.3. The zero-order valence-corrected chi connectivity index (χ0v) is 11.2. The van der Waals surface area contributed by atoms with Gasteiger partial charge < -0.3 is 19.6 Å². The first kappa shape index (κ1) is 14.8. The minimum absolute atomic E-state index is 0.0681. The number of carbonyl (C=O) groups is 2. The molecule has 2 rings (SSSR count). The van der Waals surface area contributed by atoms with Crippen molar-refractivity contribution in [1.29, 1.82) is 0 Å². The Bertz CT molecular complexity index is 606. The SMILES string of the molecule is O=C(COCc1ccccc1)NCc1ccc(C(=O)O)o1. The van der Waals surface area contributed by atoms with Crippen LogP contribution >= 0.6 is 0 Å². The van der Waals surface area contributed by atoms with Gasteiger partial charge in [-0.2, -0.15) is 0 Å². The van der Waals surface area contributed by atoms with E-state index in [0.29, 0.717) is 12.4 Å². The van der Waals surface area contributed by atoms with Crippen LogP contribution in [0.15, 0.2) is 46.9 Å². The van der Waals surface area contributed by atoms with E-state index in [4.69, 9.17) is 14.3 Å². The number of carboxylic acids is 1. The van der Waals surface area contributed by atoms with Crippen LogP contribution in [0, 0.1) is 0 Å². The van der Waals surface area contributed by atoms with Crippen LogP contribution in [0.3, 0.4) is 0 Å². The maximum atomic E-state index is 11.6. The quantitative estimate of drug-likeness (QED) is 0.811. The van der Waals surface area contributed by atoms with Crippen LogP contribution in [-0.4, -0.2) is 23.6 Å². The summed E-state index contributed by atoms with van der Waals surface area (Å²) in [5.41, 5.74) is 0.988. The van der Waals surface area contributed by atoms with Gasteiger partial charge in [-0.15, -0.1) is 0 Å². The largest absolute Gasteiger partial charge is 0.475 e. The van der Waals surface area contributed by atoms with Gasteiger partial charge in [0.25, 0.3) is 0 Å². The third-order valence-corrected chi connectivity index (χ3v) is 2.68. The first-order valence-electron chi connectivity index (χ1n) is 6.35. The second kappa shape index (κ2) is 7.25. The van der Waals surface area contributed by atoms with E-state index in [1.807, 2.05) is 30.3 Å². The third-order valence-electron chi connectivity index (χ3n) is 2.68. The average molecular weight is 289 g/mol. The molecule has 110 valence electrons. The summed E-state index contributed by atoms with van der Waals surface area (Å²) < 4.78 is 10.3. The smallest absolute Gasteiger partial charge is 0.371 e. The maximum Gasteiger partial charge on any atom is 0.371 e. The molecule has 1 aromatic carbocycles. The first-order chi connectivity index (χ1) is 10.1. The van der Waals surface area contributed by atoms with Gasteiger partial charge in [0.15, 0.2) is 0 Å². The molecule has 2 N–H and O–H groups in total. The van der Waals surface area contributed by atoms with E-state index in [-0.39, 0.29) is 24.8 Å². The van der Waals surface area contributed by atoms with E-state index >= 15 is 0 Å². The Balaban J connectivity index is 1.68. The highest BCUT2D eigenvalue weighted by atomic mass is 16.5. The Kier molecular flexibility index (Phi) is 5.11. The number of carboxylic acid groups (broad SMARTS) is 1. The molecule has 0 saturated carbocycles. The normalized spacial score (nSPS) is 10.3. The van der Waals surface area contributed by atoms with Crippen LogP contribution in [0.25, 0.3) is 0 Å². The molecule has 0 radical (unpaired) electrons. The summed E-state index contributed by atoms with van der Waals surface area (Å²) in [4.78, 5) is 22.2. The average Bonchev–Trinajstić information content (AvgIpc) is 2.95. The van der Waals surface area contributed by atoms with Crippen molar-refractivity contribution in [1.82, 2.24) is 5.32 Å². The second-order valence-electron chi connectivity index (χ2n) is 4.33. The molecule has 0 unspecified atom stereocenters. The number of nitrogens with one attached hydrogen (secondary N) is 1. The summed E-state index contributed by atoms with van der Waals surface area (Å²) in [7, 11) is 0. The fourth-order valence-electron chi connectivity index (χ4n) is 1.66. The highest BCUT2D eigenvalue weighted by molar-refractivity contribution is 5.84. The predicted octanol–water partition coefficient (Wildman–Crippen LogP) is 1.81. The topological polar surface area (TPSA) is 88.8 Å². The zero-order valence-electron chi connectivity index (χ0n) is 11.2. The first-order valence-corrected chi connectivity index (χ1v) is 6.35. The highest BCUT2D eigenvalue weighted by Gasteiger charge is 2.09. The minimum atomic E-state index is -1.14. The van der Waals surface area contributed by atoms with Crippen LogP contribution in [0.5, 0.6) is 0 Å². The van der Waals surface area contributed by atoms with Gasteiger partial charge in [-0.25, -0.2) is 4.79 Å². The number of benzene rings is 1. The molecule has 2 aromatic rings. The number of hydrogen-bond acceptors (Lipinski definition) is 4. The number of hydrogen-bond donors (Lipinski definition) is 2. The fourth-order valence-corrected chi connectivity index (χ4v) is 1.66. The monoisotopic (exact) mass is 289 g/mol. The van der Waals surface area contributed by atoms with Crippen molar-refractivity contribution >= 4 is 11.9 Å². The lowest BCUT2D eigenvalue weighted by Gasteiger charge is -2.05. The fraction of sp³-hybridized carbons (Fsp3) is 0.200. The molecule has 6 nitrogen and oxygen atoms in total. The van der Waals surface area contributed by atoms with E-state index < -0.39 is 5.97 Å². The second-order valence-corrected chi connectivity index (χ2v) is 4.33. The van der Waals surface area contributed by atoms with Gasteiger partial charge in [0.2, 0.25) is 11.7 Å². The molecule has 0 atom stereocenters. The highest BCUT2D eigenvalue weighted by Crippen LogP contribution is 2.07. The van der Waals surface area contributed by atoms with Crippen LogP contribution in [-0.2, 0) is 22.7 Å². The van der Waals surface area contributed by atoms with Crippen LogP contribution < -0.4 is 5.32 Å². The molecule has 0 aliphatic heterocycles. The molecular weight excluding hydrogens is 274 g/mol. The molecule has 0 fully saturated rings. The Morgan fingerprint density at radius 3 is 2.57 bits per heavy atom. The van der Waals surface area contributed by atoms with Crippen molar-refractivity contribution in [2.24, 2.45) is 0 Å². The number of ether oxygens (including phenoxy) is 1. The van der Waals surface area contributed by atoms with Crippen molar-refractivity contribution in [3.63, 3.8) is 0 Å². The number of furan rings is 1. The van der Waals surface area contributed by atoms with Gasteiger partial charge in [0.05, 0.1) is 13.2 Å². The Morgan fingerprint density at radius 1 is 1.14 bits per heavy atom. The lowest BCUT2D eigenvalue weighted by atomic mass is 10.2. The summed E-state index contributed by atoms with van der Waals surface area (Å²) in [6.07, 6.45) is 0. The van der Waals surface area contributed by atoms with Crippen molar-refractivity contribution in [3.8, 4) is 0 Å². The van der Waals surface area contributed by atoms with Crippen molar-refractivity contribution in [2.45, 2.75) is 13.2 Å². The minimum Gasteiger partial charge on any atom is -0.475 e. The summed E-state index contributed by atoms with van der Waals surface area (Å²) in [6.45, 7) is 0.417. The number of aromatic carboxylic acids is 1. The number of amides is 1. The predicted molar refractivity (Wildman–Crippen MR) is 73.6 cm³/mol.